The van der Waals surface area contributed by atoms with Crippen molar-refractivity contribution in [1.82, 2.24) is 19.7 Å². The highest BCUT2D eigenvalue weighted by Gasteiger charge is 2.29. The Bertz CT molecular complexity index is 618. The lowest BCUT2D eigenvalue weighted by molar-refractivity contribution is 0.00814. The van der Waals surface area contributed by atoms with Crippen LogP contribution in [0.4, 0.5) is 0 Å². The lowest BCUT2D eigenvalue weighted by Gasteiger charge is -2.10. The van der Waals surface area contributed by atoms with Gasteiger partial charge in [0.1, 0.15) is 6.61 Å². The molecule has 0 bridgehead atoms. The first-order valence-electron chi connectivity index (χ1n) is 7.97. The number of hydrogen-bond donors (Lipinski definition) is 0. The molecule has 2 fully saturated rings. The first-order chi connectivity index (χ1) is 10.9. The van der Waals surface area contributed by atoms with E-state index in [1.807, 2.05) is 22.9 Å². The Kier molecular flexibility index (Phi) is 3.86. The Hall–Kier alpha value is -1.79. The minimum absolute atomic E-state index is 0.231. The van der Waals surface area contributed by atoms with E-state index in [0.29, 0.717) is 19.1 Å². The van der Waals surface area contributed by atoms with E-state index in [4.69, 9.17) is 9.47 Å². The summed E-state index contributed by atoms with van der Waals surface area (Å²) in [6, 6.07) is 5.79. The van der Waals surface area contributed by atoms with Crippen LogP contribution in [0.25, 0.3) is 5.82 Å². The third-order valence-corrected chi connectivity index (χ3v) is 4.06. The molecule has 1 aliphatic heterocycles. The molecule has 4 rings (SSSR count). The van der Waals surface area contributed by atoms with Crippen molar-refractivity contribution in [2.45, 2.75) is 44.3 Å². The highest BCUT2D eigenvalue weighted by molar-refractivity contribution is 5.22. The van der Waals surface area contributed by atoms with Crippen molar-refractivity contribution in [1.29, 1.82) is 0 Å². The van der Waals surface area contributed by atoms with Crippen LogP contribution in [0.15, 0.2) is 24.4 Å². The molecule has 116 valence electrons. The van der Waals surface area contributed by atoms with Gasteiger partial charge in [-0.1, -0.05) is 6.07 Å². The van der Waals surface area contributed by atoms with E-state index in [9.17, 15) is 0 Å². The molecule has 2 aromatic rings. The molecule has 0 N–H and O–H groups in total. The number of nitrogens with zero attached hydrogens (tertiary/aromatic N) is 4. The highest BCUT2D eigenvalue weighted by atomic mass is 16.5. The van der Waals surface area contributed by atoms with Crippen molar-refractivity contribution in [2.75, 3.05) is 13.2 Å². The monoisotopic (exact) mass is 300 g/mol. The molecule has 3 heterocycles. The summed E-state index contributed by atoms with van der Waals surface area (Å²) in [4.78, 5) is 9.03. The maximum absolute atomic E-state index is 5.80. The molecule has 22 heavy (non-hydrogen) atoms. The molecule has 0 aromatic carbocycles. The van der Waals surface area contributed by atoms with E-state index in [1.54, 1.807) is 6.20 Å². The molecule has 2 aliphatic rings. The van der Waals surface area contributed by atoms with Crippen LogP contribution in [0, 0.1) is 0 Å². The zero-order valence-corrected chi connectivity index (χ0v) is 12.5. The maximum Gasteiger partial charge on any atom is 0.160 e. The molecule has 1 unspecified atom stereocenters. The third-order valence-electron chi connectivity index (χ3n) is 4.06. The third kappa shape index (κ3) is 3.03. The molecule has 0 amide bonds. The fourth-order valence-electron chi connectivity index (χ4n) is 2.69. The van der Waals surface area contributed by atoms with Crippen molar-refractivity contribution in [3.05, 3.63) is 36.0 Å². The summed E-state index contributed by atoms with van der Waals surface area (Å²) in [5, 5.41) is 4.62. The van der Waals surface area contributed by atoms with Gasteiger partial charge in [-0.2, -0.15) is 4.68 Å². The van der Waals surface area contributed by atoms with E-state index >= 15 is 0 Å². The predicted molar refractivity (Wildman–Crippen MR) is 79.8 cm³/mol. The Morgan fingerprint density at radius 2 is 2.23 bits per heavy atom. The second-order valence-electron chi connectivity index (χ2n) is 5.91. The topological polar surface area (TPSA) is 62.1 Å². The largest absolute Gasteiger partial charge is 0.376 e. The van der Waals surface area contributed by atoms with Crippen LogP contribution in [0.3, 0.4) is 0 Å². The Balaban J connectivity index is 1.49. The average molecular weight is 300 g/mol. The average Bonchev–Trinajstić information content (AvgIpc) is 3.11. The lowest BCUT2D eigenvalue weighted by atomic mass is 10.2. The molecule has 6 nitrogen and oxygen atoms in total. The SMILES string of the molecule is c1ccc(-n2nc(C3CC3)nc2COCC2CCCO2)nc1. The molecule has 1 aliphatic carbocycles. The van der Waals surface area contributed by atoms with E-state index in [0.717, 1.165) is 36.9 Å². The van der Waals surface area contributed by atoms with E-state index in [2.05, 4.69) is 15.1 Å². The van der Waals surface area contributed by atoms with Crippen LogP contribution < -0.4 is 0 Å². The van der Waals surface area contributed by atoms with Gasteiger partial charge in [-0.05, 0) is 37.8 Å². The van der Waals surface area contributed by atoms with Crippen LogP contribution >= 0.6 is 0 Å². The summed E-state index contributed by atoms with van der Waals surface area (Å²) in [6.07, 6.45) is 6.58. The molecule has 2 aromatic heterocycles. The van der Waals surface area contributed by atoms with Crippen LogP contribution in [-0.2, 0) is 16.1 Å². The summed E-state index contributed by atoms with van der Waals surface area (Å²) in [5.41, 5.74) is 0. The smallest absolute Gasteiger partial charge is 0.160 e. The van der Waals surface area contributed by atoms with Crippen LogP contribution in [0.1, 0.15) is 43.3 Å². The lowest BCUT2D eigenvalue weighted by Crippen LogP contribution is -2.15. The molecule has 1 saturated carbocycles. The van der Waals surface area contributed by atoms with Gasteiger partial charge in [0.15, 0.2) is 17.5 Å². The fraction of sp³-hybridized carbons (Fsp3) is 0.562. The molecular weight excluding hydrogens is 280 g/mol. The van der Waals surface area contributed by atoms with E-state index < -0.39 is 0 Å². The summed E-state index contributed by atoms with van der Waals surface area (Å²) in [7, 11) is 0. The minimum Gasteiger partial charge on any atom is -0.376 e. The van der Waals surface area contributed by atoms with Crippen molar-refractivity contribution in [3.63, 3.8) is 0 Å². The van der Waals surface area contributed by atoms with Gasteiger partial charge >= 0.3 is 0 Å². The van der Waals surface area contributed by atoms with Gasteiger partial charge in [0, 0.05) is 18.7 Å². The first-order valence-corrected chi connectivity index (χ1v) is 7.97. The number of ether oxygens (including phenoxy) is 2. The van der Waals surface area contributed by atoms with Crippen molar-refractivity contribution in [2.24, 2.45) is 0 Å². The number of pyridine rings is 1. The summed E-state index contributed by atoms with van der Waals surface area (Å²) >= 11 is 0. The summed E-state index contributed by atoms with van der Waals surface area (Å²) in [6.45, 7) is 1.91. The van der Waals surface area contributed by atoms with Gasteiger partial charge in [0.05, 0.1) is 12.7 Å². The quantitative estimate of drug-likeness (QED) is 0.818. The van der Waals surface area contributed by atoms with E-state index in [1.165, 1.54) is 12.8 Å². The van der Waals surface area contributed by atoms with Gasteiger partial charge in [0.25, 0.3) is 0 Å². The molecule has 1 saturated heterocycles. The van der Waals surface area contributed by atoms with Crippen LogP contribution in [-0.4, -0.2) is 39.1 Å². The second kappa shape index (κ2) is 6.14. The van der Waals surface area contributed by atoms with Crippen molar-refractivity contribution >= 4 is 0 Å². The standard InChI is InChI=1S/C16H20N4O2/c1-2-8-17-14(5-1)20-15(18-16(19-20)12-6-7-12)11-21-10-13-4-3-9-22-13/h1-2,5,8,12-13H,3-4,6-7,9-11H2. The maximum atomic E-state index is 5.80. The second-order valence-corrected chi connectivity index (χ2v) is 5.91. The van der Waals surface area contributed by atoms with Crippen LogP contribution in [0.2, 0.25) is 0 Å². The molecule has 0 spiro atoms. The van der Waals surface area contributed by atoms with E-state index in [-0.39, 0.29) is 6.10 Å². The predicted octanol–water partition coefficient (Wildman–Crippen LogP) is 2.24. The zero-order valence-electron chi connectivity index (χ0n) is 12.5. The number of hydrogen-bond acceptors (Lipinski definition) is 5. The van der Waals surface area contributed by atoms with Crippen molar-refractivity contribution in [3.8, 4) is 5.82 Å². The van der Waals surface area contributed by atoms with Gasteiger partial charge in [0.2, 0.25) is 0 Å². The van der Waals surface area contributed by atoms with Gasteiger partial charge < -0.3 is 9.47 Å². The molecular formula is C16H20N4O2. The first kappa shape index (κ1) is 13.8. The number of rotatable bonds is 6. The fourth-order valence-corrected chi connectivity index (χ4v) is 2.69. The number of aromatic nitrogens is 4. The zero-order chi connectivity index (χ0) is 14.8. The highest BCUT2D eigenvalue weighted by Crippen LogP contribution is 2.38. The van der Waals surface area contributed by atoms with Crippen molar-refractivity contribution < 1.29 is 9.47 Å². The van der Waals surface area contributed by atoms with Crippen LogP contribution in [0.5, 0.6) is 0 Å². The molecule has 0 radical (unpaired) electrons. The molecule has 6 heteroatoms. The van der Waals surface area contributed by atoms with Gasteiger partial charge in [-0.3, -0.25) is 0 Å². The van der Waals surface area contributed by atoms with Gasteiger partial charge in [-0.15, -0.1) is 5.10 Å². The summed E-state index contributed by atoms with van der Waals surface area (Å²) < 4.78 is 13.2. The molecule has 1 atom stereocenters. The minimum atomic E-state index is 0.231. The normalized spacial score (nSPS) is 21.4. The summed E-state index contributed by atoms with van der Waals surface area (Å²) in [5.74, 6) is 3.04. The Morgan fingerprint density at radius 1 is 1.27 bits per heavy atom. The Morgan fingerprint density at radius 3 is 2.95 bits per heavy atom. The Labute approximate surface area is 129 Å². The van der Waals surface area contributed by atoms with Gasteiger partial charge in [-0.25, -0.2) is 9.97 Å².